The van der Waals surface area contributed by atoms with Crippen LogP contribution in [-0.2, 0) is 0 Å². The molecule has 0 radical (unpaired) electrons. The van der Waals surface area contributed by atoms with Crippen LogP contribution in [0.3, 0.4) is 0 Å². The van der Waals surface area contributed by atoms with Crippen LogP contribution >= 0.6 is 11.8 Å². The highest BCUT2D eigenvalue weighted by molar-refractivity contribution is 7.98. The summed E-state index contributed by atoms with van der Waals surface area (Å²) >= 11 is 1.39. The first-order valence-electron chi connectivity index (χ1n) is 6.59. The first-order chi connectivity index (χ1) is 8.82. The fourth-order valence-corrected chi connectivity index (χ4v) is 1.55. The molecule has 0 atom stereocenters. The number of nitrogens with zero attached hydrogens (tertiary/aromatic N) is 3. The van der Waals surface area contributed by atoms with Crippen molar-refractivity contribution < 1.29 is 2.82 Å². The van der Waals surface area contributed by atoms with Crippen LogP contribution in [-0.4, -0.2) is 32.8 Å². The van der Waals surface area contributed by atoms with Crippen LogP contribution in [0.4, 0.5) is 11.9 Å². The summed E-state index contributed by atoms with van der Waals surface area (Å²) in [5.74, 6) is 0.623. The van der Waals surface area contributed by atoms with Gasteiger partial charge in [0.2, 0.25) is 11.9 Å². The molecule has 0 spiro atoms. The predicted molar refractivity (Wildman–Crippen MR) is 71.6 cm³/mol. The van der Waals surface area contributed by atoms with E-state index in [1.165, 1.54) is 22.4 Å². The van der Waals surface area contributed by atoms with Gasteiger partial charge < -0.3 is 10.6 Å². The number of hydrogen-bond acceptors (Lipinski definition) is 6. The second kappa shape index (κ2) is 4.68. The number of thioether (sulfide) groups is 1. The van der Waals surface area contributed by atoms with Crippen LogP contribution in [0.15, 0.2) is 5.16 Å². The fourth-order valence-electron chi connectivity index (χ4n) is 1.20. The van der Waals surface area contributed by atoms with Crippen molar-refractivity contribution in [2.75, 3.05) is 16.9 Å². The van der Waals surface area contributed by atoms with E-state index in [4.69, 9.17) is 2.82 Å². The summed E-state index contributed by atoms with van der Waals surface area (Å²) in [5, 5.41) is 3.14. The lowest BCUT2D eigenvalue weighted by molar-refractivity contribution is 0.622. The summed E-state index contributed by atoms with van der Waals surface area (Å²) in [6.07, 6.45) is 3.88. The molecule has 6 heteroatoms. The molecule has 1 aliphatic carbocycles. The molecule has 1 heterocycles. The molecule has 1 fully saturated rings. The second-order valence-corrected chi connectivity index (χ2v) is 5.84. The average Bonchev–Trinajstić information content (AvgIpc) is 3.19. The van der Waals surface area contributed by atoms with Crippen LogP contribution in [0, 0.1) is 0 Å². The zero-order valence-electron chi connectivity index (χ0n) is 12.6. The highest BCUT2D eigenvalue weighted by atomic mass is 32.2. The summed E-state index contributed by atoms with van der Waals surface area (Å²) in [6, 6.07) is 0.207. The molecule has 2 rings (SSSR count). The van der Waals surface area contributed by atoms with E-state index in [0.29, 0.717) is 17.1 Å². The van der Waals surface area contributed by atoms with Gasteiger partial charge in [-0.3, -0.25) is 0 Å². The van der Waals surface area contributed by atoms with E-state index in [1.807, 2.05) is 27.0 Å². The first kappa shape index (κ1) is 9.94. The van der Waals surface area contributed by atoms with Gasteiger partial charge in [0.25, 0.3) is 0 Å². The van der Waals surface area contributed by atoms with Crippen molar-refractivity contribution in [3.63, 3.8) is 0 Å². The Balaban J connectivity index is 2.35. The largest absolute Gasteiger partial charge is 0.351 e. The van der Waals surface area contributed by atoms with Gasteiger partial charge in [-0.05, 0) is 39.9 Å². The van der Waals surface area contributed by atoms with Gasteiger partial charge in [-0.25, -0.2) is 0 Å². The number of rotatable bonds is 4. The smallest absolute Gasteiger partial charge is 0.228 e. The van der Waals surface area contributed by atoms with Crippen molar-refractivity contribution in [2.24, 2.45) is 0 Å². The Labute approximate surface area is 109 Å². The number of hydrogen-bond donors (Lipinski definition) is 2. The molecule has 1 aliphatic rings. The zero-order valence-corrected chi connectivity index (χ0v) is 11.5. The van der Waals surface area contributed by atoms with E-state index in [9.17, 15) is 0 Å². The number of nitrogens with one attached hydrogen (secondary N) is 2. The lowest BCUT2D eigenvalue weighted by Gasteiger charge is -2.20. The van der Waals surface area contributed by atoms with Gasteiger partial charge >= 0.3 is 0 Å². The quantitative estimate of drug-likeness (QED) is 0.805. The minimum absolute atomic E-state index is 0.207. The monoisotopic (exact) mass is 255 g/mol. The molecule has 0 aromatic carbocycles. The summed E-state index contributed by atoms with van der Waals surface area (Å²) < 4.78 is 16.1. The number of anilines is 2. The molecule has 94 valence electrons. The lowest BCUT2D eigenvalue weighted by atomic mass is 10.1. The molecule has 0 aliphatic heterocycles. The third kappa shape index (κ3) is 4.03. The SMILES string of the molecule is [2H]N(c1nc(SC)nc(N([2H])C(C)(C)C)n1)C1CC1. The number of aromatic nitrogens is 3. The first-order valence-corrected chi connectivity index (χ1v) is 6.92. The second-order valence-electron chi connectivity index (χ2n) is 5.07. The molecule has 1 aromatic rings. The maximum Gasteiger partial charge on any atom is 0.228 e. The topological polar surface area (TPSA) is 62.7 Å². The Bertz CT molecular complexity index is 461. The van der Waals surface area contributed by atoms with Gasteiger partial charge in [0.05, 0.1) is 0 Å². The minimum Gasteiger partial charge on any atom is -0.351 e. The van der Waals surface area contributed by atoms with Gasteiger partial charge in [-0.2, -0.15) is 15.0 Å². The third-order valence-corrected chi connectivity index (χ3v) is 2.60. The Morgan fingerprint density at radius 3 is 2.41 bits per heavy atom. The molecule has 0 unspecified atom stereocenters. The van der Waals surface area contributed by atoms with E-state index in [1.54, 1.807) is 0 Å². The molecule has 0 saturated heterocycles. The maximum absolute atomic E-state index is 8.09. The highest BCUT2D eigenvalue weighted by Gasteiger charge is 2.23. The van der Waals surface area contributed by atoms with Gasteiger partial charge in [0.15, 0.2) is 7.98 Å². The van der Waals surface area contributed by atoms with Gasteiger partial charge in [0.1, 0.15) is 0 Å². The van der Waals surface area contributed by atoms with Crippen molar-refractivity contribution in [1.82, 2.24) is 15.0 Å². The van der Waals surface area contributed by atoms with Gasteiger partial charge in [-0.1, -0.05) is 11.8 Å². The Kier molecular flexibility index (Phi) is 2.74. The zero-order chi connectivity index (χ0) is 14.2. The normalized spacial score (nSPS) is 17.4. The fraction of sp³-hybridized carbons (Fsp3) is 0.727. The molecule has 1 saturated carbocycles. The van der Waals surface area contributed by atoms with Crippen LogP contribution in [0.1, 0.15) is 33.6 Å². The van der Waals surface area contributed by atoms with E-state index < -0.39 is 5.54 Å². The molecule has 5 nitrogen and oxygen atoms in total. The minimum atomic E-state index is -0.402. The highest BCUT2D eigenvalue weighted by Crippen LogP contribution is 2.24. The van der Waals surface area contributed by atoms with E-state index >= 15 is 0 Å². The molecule has 0 amide bonds. The van der Waals surface area contributed by atoms with Crippen LogP contribution in [0.2, 0.25) is 2.82 Å². The molecular weight excluding hydrogens is 234 g/mol. The molecular formula is C11H19N5S. The van der Waals surface area contributed by atoms with Crippen LogP contribution in [0.5, 0.6) is 0 Å². The predicted octanol–water partition coefficient (Wildman–Crippen LogP) is 2.38. The van der Waals surface area contributed by atoms with E-state index in [2.05, 4.69) is 15.0 Å². The molecule has 1 aromatic heterocycles. The van der Waals surface area contributed by atoms with Crippen LogP contribution in [0.25, 0.3) is 0 Å². The van der Waals surface area contributed by atoms with Crippen LogP contribution < -0.4 is 10.6 Å². The van der Waals surface area contributed by atoms with E-state index in [-0.39, 0.29) is 6.04 Å². The Morgan fingerprint density at radius 1 is 1.24 bits per heavy atom. The van der Waals surface area contributed by atoms with Crippen molar-refractivity contribution >= 4 is 23.7 Å². The van der Waals surface area contributed by atoms with Crippen molar-refractivity contribution in [1.29, 1.82) is 0 Å². The maximum atomic E-state index is 8.09. The summed E-state index contributed by atoms with van der Waals surface area (Å²) in [7, 11) is 0. The summed E-state index contributed by atoms with van der Waals surface area (Å²) in [6.45, 7) is 5.75. The Hall–Kier alpha value is -1.04. The summed E-state index contributed by atoms with van der Waals surface area (Å²) in [4.78, 5) is 12.7. The molecule has 17 heavy (non-hydrogen) atoms. The van der Waals surface area contributed by atoms with Crippen molar-refractivity contribution in [3.8, 4) is 0 Å². The van der Waals surface area contributed by atoms with Gasteiger partial charge in [0, 0.05) is 11.6 Å². The average molecular weight is 255 g/mol. The van der Waals surface area contributed by atoms with Crippen molar-refractivity contribution in [3.05, 3.63) is 0 Å². The lowest BCUT2D eigenvalue weighted by Crippen LogP contribution is -2.28. The molecule has 0 bridgehead atoms. The third-order valence-electron chi connectivity index (χ3n) is 2.05. The molecule has 2 N–H and O–H groups in total. The summed E-state index contributed by atoms with van der Waals surface area (Å²) in [5.41, 5.74) is -0.402. The van der Waals surface area contributed by atoms with Crippen molar-refractivity contribution in [2.45, 2.75) is 50.4 Å². The standard InChI is InChI=1S/C11H19N5S/c1-11(2,3)16-9-13-8(12-7-5-6-7)14-10(15-9)17-4/h7H,5-6H2,1-4H3,(H2,12,13,14,15,16)/i/hD2. The Morgan fingerprint density at radius 2 is 1.88 bits per heavy atom. The van der Waals surface area contributed by atoms with Gasteiger partial charge in [-0.15, -0.1) is 0 Å². The van der Waals surface area contributed by atoms with E-state index in [0.717, 1.165) is 12.8 Å².